The summed E-state index contributed by atoms with van der Waals surface area (Å²) in [4.78, 5) is 12.9. The highest BCUT2D eigenvalue weighted by molar-refractivity contribution is 7.92. The molecule has 0 saturated heterocycles. The molecule has 28 heavy (non-hydrogen) atoms. The van der Waals surface area contributed by atoms with Gasteiger partial charge in [-0.3, -0.25) is 9.10 Å². The van der Waals surface area contributed by atoms with Crippen molar-refractivity contribution in [2.45, 2.75) is 44.4 Å². The van der Waals surface area contributed by atoms with Crippen molar-refractivity contribution in [2.24, 2.45) is 0 Å². The molecular weight excluding hydrogens is 376 g/mol. The van der Waals surface area contributed by atoms with Crippen LogP contribution in [0.3, 0.4) is 0 Å². The first-order chi connectivity index (χ1) is 13.4. The zero-order valence-electron chi connectivity index (χ0n) is 15.9. The lowest BCUT2D eigenvalue weighted by atomic mass is 9.92. The third-order valence-corrected chi connectivity index (χ3v) is 6.16. The van der Waals surface area contributed by atoms with Crippen LogP contribution in [0.5, 0.6) is 0 Å². The summed E-state index contributed by atoms with van der Waals surface area (Å²) in [7, 11) is -3.61. The van der Waals surface area contributed by atoms with E-state index in [0.29, 0.717) is 12.1 Å². The highest BCUT2D eigenvalue weighted by atomic mass is 32.2. The van der Waals surface area contributed by atoms with Crippen molar-refractivity contribution in [3.05, 3.63) is 65.7 Å². The molecular formula is C21H26N2O4S. The number of sulfonamides is 1. The summed E-state index contributed by atoms with van der Waals surface area (Å²) in [6.07, 6.45) is 3.84. The lowest BCUT2D eigenvalue weighted by Crippen LogP contribution is -2.45. The van der Waals surface area contributed by atoms with E-state index in [1.807, 2.05) is 30.3 Å². The Kier molecular flexibility index (Phi) is 6.36. The predicted octanol–water partition coefficient (Wildman–Crippen LogP) is 2.69. The van der Waals surface area contributed by atoms with Crippen LogP contribution in [0.1, 0.15) is 41.6 Å². The Bertz CT molecular complexity index is 915. The number of nitrogens with zero attached hydrogens (tertiary/aromatic N) is 1. The Hall–Kier alpha value is -2.38. The van der Waals surface area contributed by atoms with E-state index in [0.717, 1.165) is 31.1 Å². The number of para-hydroxylation sites is 1. The Balaban J connectivity index is 1.90. The Morgan fingerprint density at radius 3 is 2.39 bits per heavy atom. The number of carbonyl (C=O) groups excluding carboxylic acids is 1. The van der Waals surface area contributed by atoms with E-state index in [1.165, 1.54) is 4.31 Å². The number of carbonyl (C=O) groups is 1. The molecule has 2 N–H and O–H groups in total. The van der Waals surface area contributed by atoms with Crippen molar-refractivity contribution in [1.82, 2.24) is 5.32 Å². The van der Waals surface area contributed by atoms with Crippen molar-refractivity contribution < 1.29 is 18.3 Å². The van der Waals surface area contributed by atoms with Gasteiger partial charge in [-0.2, -0.15) is 0 Å². The van der Waals surface area contributed by atoms with Crippen LogP contribution < -0.4 is 9.62 Å². The number of hydrogen-bond donors (Lipinski definition) is 2. The molecule has 0 bridgehead atoms. The molecule has 1 aliphatic rings. The Morgan fingerprint density at radius 2 is 1.71 bits per heavy atom. The Labute approximate surface area is 166 Å². The van der Waals surface area contributed by atoms with Gasteiger partial charge in [-0.1, -0.05) is 55.3 Å². The molecule has 2 aromatic carbocycles. The number of amides is 1. The summed E-state index contributed by atoms with van der Waals surface area (Å²) in [5.74, 6) is -0.372. The minimum absolute atomic E-state index is 0.135. The van der Waals surface area contributed by atoms with Crippen molar-refractivity contribution in [2.75, 3.05) is 10.6 Å². The second kappa shape index (κ2) is 8.75. The standard InChI is InChI=1S/C21H26N2O4S/c1-28(26,27)23(15-16-9-3-2-4-10-16)19-13-7-5-11-17(19)21(25)22-18-12-6-8-14-20(18)24/h2-5,7,9-11,13,18,20,24H,6,8,12,14-15H2,1H3,(H,22,25)/t18-,20-/m0/s1. The Morgan fingerprint density at radius 1 is 1.07 bits per heavy atom. The molecule has 0 spiro atoms. The maximum absolute atomic E-state index is 12.9. The fraction of sp³-hybridized carbons (Fsp3) is 0.381. The molecule has 0 aliphatic heterocycles. The molecule has 7 heteroatoms. The van der Waals surface area contributed by atoms with Crippen LogP contribution in [0.2, 0.25) is 0 Å². The average molecular weight is 403 g/mol. The van der Waals surface area contributed by atoms with Crippen LogP contribution in [-0.2, 0) is 16.6 Å². The number of aliphatic hydroxyl groups excluding tert-OH is 1. The topological polar surface area (TPSA) is 86.7 Å². The van der Waals surface area contributed by atoms with Gasteiger partial charge in [-0.15, -0.1) is 0 Å². The van der Waals surface area contributed by atoms with Crippen LogP contribution in [0.15, 0.2) is 54.6 Å². The monoisotopic (exact) mass is 402 g/mol. The van der Waals surface area contributed by atoms with E-state index in [4.69, 9.17) is 0 Å². The van der Waals surface area contributed by atoms with E-state index in [-0.39, 0.29) is 24.1 Å². The lowest BCUT2D eigenvalue weighted by molar-refractivity contribution is 0.0717. The maximum Gasteiger partial charge on any atom is 0.253 e. The summed E-state index contributed by atoms with van der Waals surface area (Å²) in [5.41, 5.74) is 1.43. The molecule has 2 aromatic rings. The molecule has 2 atom stereocenters. The molecule has 6 nitrogen and oxygen atoms in total. The first-order valence-electron chi connectivity index (χ1n) is 9.46. The zero-order valence-corrected chi connectivity index (χ0v) is 16.7. The normalized spacial score (nSPS) is 19.8. The molecule has 0 radical (unpaired) electrons. The van der Waals surface area contributed by atoms with Crippen LogP contribution in [0.25, 0.3) is 0 Å². The zero-order chi connectivity index (χ0) is 20.1. The van der Waals surface area contributed by atoms with Gasteiger partial charge in [0.2, 0.25) is 10.0 Å². The van der Waals surface area contributed by atoms with Crippen LogP contribution in [0, 0.1) is 0 Å². The first kappa shape index (κ1) is 20.4. The molecule has 1 aliphatic carbocycles. The average Bonchev–Trinajstić information content (AvgIpc) is 2.68. The summed E-state index contributed by atoms with van der Waals surface area (Å²) in [5, 5.41) is 13.0. The number of benzene rings is 2. The van der Waals surface area contributed by atoms with Gasteiger partial charge < -0.3 is 10.4 Å². The van der Waals surface area contributed by atoms with Gasteiger partial charge in [0.15, 0.2) is 0 Å². The van der Waals surface area contributed by atoms with E-state index >= 15 is 0 Å². The van der Waals surface area contributed by atoms with E-state index in [1.54, 1.807) is 24.3 Å². The highest BCUT2D eigenvalue weighted by Crippen LogP contribution is 2.26. The third-order valence-electron chi connectivity index (χ3n) is 5.03. The molecule has 3 rings (SSSR count). The van der Waals surface area contributed by atoms with Crippen LogP contribution >= 0.6 is 0 Å². The van der Waals surface area contributed by atoms with Crippen LogP contribution in [-0.4, -0.2) is 37.8 Å². The van der Waals surface area contributed by atoms with Gasteiger partial charge in [-0.05, 0) is 30.5 Å². The fourth-order valence-corrected chi connectivity index (χ4v) is 4.44. The summed E-state index contributed by atoms with van der Waals surface area (Å²) < 4.78 is 26.3. The summed E-state index contributed by atoms with van der Waals surface area (Å²) in [6, 6.07) is 15.6. The molecule has 0 unspecified atom stereocenters. The van der Waals surface area contributed by atoms with E-state index < -0.39 is 16.1 Å². The smallest absolute Gasteiger partial charge is 0.253 e. The van der Waals surface area contributed by atoms with Gasteiger partial charge >= 0.3 is 0 Å². The fourth-order valence-electron chi connectivity index (χ4n) is 3.54. The lowest BCUT2D eigenvalue weighted by Gasteiger charge is -2.29. The van der Waals surface area contributed by atoms with Crippen molar-refractivity contribution in [1.29, 1.82) is 0 Å². The number of hydrogen-bond acceptors (Lipinski definition) is 4. The number of anilines is 1. The van der Waals surface area contributed by atoms with Gasteiger partial charge in [0.05, 0.1) is 36.2 Å². The summed E-state index contributed by atoms with van der Waals surface area (Å²) in [6.45, 7) is 0.135. The minimum Gasteiger partial charge on any atom is -0.391 e. The van der Waals surface area contributed by atoms with Crippen molar-refractivity contribution in [3.63, 3.8) is 0 Å². The molecule has 150 valence electrons. The number of rotatable bonds is 6. The maximum atomic E-state index is 12.9. The van der Waals surface area contributed by atoms with Gasteiger partial charge in [-0.25, -0.2) is 8.42 Å². The quantitative estimate of drug-likeness (QED) is 0.778. The number of nitrogens with one attached hydrogen (secondary N) is 1. The van der Waals surface area contributed by atoms with Crippen LogP contribution in [0.4, 0.5) is 5.69 Å². The van der Waals surface area contributed by atoms with Gasteiger partial charge in [0.25, 0.3) is 5.91 Å². The molecule has 1 fully saturated rings. The first-order valence-corrected chi connectivity index (χ1v) is 11.3. The molecule has 1 amide bonds. The van der Waals surface area contributed by atoms with E-state index in [2.05, 4.69) is 5.32 Å². The van der Waals surface area contributed by atoms with Gasteiger partial charge in [0.1, 0.15) is 0 Å². The highest BCUT2D eigenvalue weighted by Gasteiger charge is 2.28. The number of aliphatic hydroxyl groups is 1. The molecule has 1 saturated carbocycles. The second-order valence-corrected chi connectivity index (χ2v) is 9.11. The van der Waals surface area contributed by atoms with E-state index in [9.17, 15) is 18.3 Å². The largest absolute Gasteiger partial charge is 0.391 e. The molecule has 0 aromatic heterocycles. The van der Waals surface area contributed by atoms with Crippen molar-refractivity contribution >= 4 is 21.6 Å². The SMILES string of the molecule is CS(=O)(=O)N(Cc1ccccc1)c1ccccc1C(=O)N[C@H]1CCCC[C@@H]1O. The minimum atomic E-state index is -3.61. The third kappa shape index (κ3) is 4.91. The predicted molar refractivity (Wildman–Crippen MR) is 110 cm³/mol. The van der Waals surface area contributed by atoms with Gasteiger partial charge in [0, 0.05) is 0 Å². The second-order valence-electron chi connectivity index (χ2n) is 7.20. The molecule has 0 heterocycles. The summed E-state index contributed by atoms with van der Waals surface area (Å²) >= 11 is 0. The van der Waals surface area contributed by atoms with Crippen molar-refractivity contribution in [3.8, 4) is 0 Å².